The molecule has 6 heteroatoms. The highest BCUT2D eigenvalue weighted by molar-refractivity contribution is 5.94. The molecule has 2 aromatic rings. The van der Waals surface area contributed by atoms with Crippen LogP contribution in [0.4, 0.5) is 0 Å². The molecule has 6 nitrogen and oxygen atoms in total. The first kappa shape index (κ1) is 20.8. The van der Waals surface area contributed by atoms with Crippen LogP contribution in [0.5, 0.6) is 11.5 Å². The van der Waals surface area contributed by atoms with Crippen molar-refractivity contribution < 1.29 is 14.3 Å². The van der Waals surface area contributed by atoms with E-state index in [2.05, 4.69) is 17.3 Å². The van der Waals surface area contributed by atoms with Gasteiger partial charge in [0.2, 0.25) is 0 Å². The fourth-order valence-electron chi connectivity index (χ4n) is 2.84. The lowest BCUT2D eigenvalue weighted by Gasteiger charge is -2.12. The van der Waals surface area contributed by atoms with Gasteiger partial charge in [-0.1, -0.05) is 26.2 Å². The van der Waals surface area contributed by atoms with Gasteiger partial charge in [0.1, 0.15) is 0 Å². The summed E-state index contributed by atoms with van der Waals surface area (Å²) in [7, 11) is 3.49. The predicted octanol–water partition coefficient (Wildman–Crippen LogP) is 3.75. The largest absolute Gasteiger partial charge is 0.493 e. The zero-order chi connectivity index (χ0) is 19.5. The first-order valence-electron chi connectivity index (χ1n) is 9.70. The van der Waals surface area contributed by atoms with Gasteiger partial charge in [0.15, 0.2) is 11.5 Å². The average Bonchev–Trinajstić information content (AvgIpc) is 3.10. The fraction of sp³-hybridized carbons (Fsp3) is 0.524. The maximum atomic E-state index is 12.3. The Hall–Kier alpha value is -2.50. The second-order valence-corrected chi connectivity index (χ2v) is 6.66. The summed E-state index contributed by atoms with van der Waals surface area (Å²) in [5, 5.41) is 7.10. The summed E-state index contributed by atoms with van der Waals surface area (Å²) in [5.41, 5.74) is 1.75. The van der Waals surface area contributed by atoms with Gasteiger partial charge in [-0.2, -0.15) is 5.10 Å². The van der Waals surface area contributed by atoms with E-state index in [4.69, 9.17) is 9.47 Å². The van der Waals surface area contributed by atoms with E-state index in [1.54, 1.807) is 23.9 Å². The molecule has 0 saturated heterocycles. The van der Waals surface area contributed by atoms with Crippen LogP contribution in [0.15, 0.2) is 30.6 Å². The molecule has 0 atom stereocenters. The number of carbonyl (C=O) groups excluding carboxylic acids is 1. The molecule has 0 aliphatic rings. The molecule has 0 radical (unpaired) electrons. The quantitative estimate of drug-likeness (QED) is 0.576. The van der Waals surface area contributed by atoms with Crippen LogP contribution in [0.25, 0.3) is 0 Å². The highest BCUT2D eigenvalue weighted by Gasteiger charge is 2.11. The van der Waals surface area contributed by atoms with E-state index in [9.17, 15) is 4.79 Å². The Morgan fingerprint density at radius 3 is 2.74 bits per heavy atom. The second-order valence-electron chi connectivity index (χ2n) is 6.66. The molecule has 2 rings (SSSR count). The molecular formula is C21H31N3O3. The third-order valence-corrected chi connectivity index (χ3v) is 4.37. The number of nitrogens with zero attached hydrogens (tertiary/aromatic N) is 2. The molecule has 148 valence electrons. The SMILES string of the molecule is CCCCCCOc1ccc(C(=O)NCCCc2cnn(C)c2)cc1OC. The number of ether oxygens (including phenoxy) is 2. The smallest absolute Gasteiger partial charge is 0.251 e. The van der Waals surface area contributed by atoms with Gasteiger partial charge < -0.3 is 14.8 Å². The number of unbranched alkanes of at least 4 members (excludes halogenated alkanes) is 3. The van der Waals surface area contributed by atoms with Gasteiger partial charge in [-0.25, -0.2) is 0 Å². The number of methoxy groups -OCH3 is 1. The molecule has 0 saturated carbocycles. The fourth-order valence-corrected chi connectivity index (χ4v) is 2.84. The Morgan fingerprint density at radius 2 is 2.04 bits per heavy atom. The number of carbonyl (C=O) groups is 1. The third-order valence-electron chi connectivity index (χ3n) is 4.37. The number of hydrogen-bond donors (Lipinski definition) is 1. The maximum Gasteiger partial charge on any atom is 0.251 e. The van der Waals surface area contributed by atoms with E-state index < -0.39 is 0 Å². The number of aromatic nitrogens is 2. The maximum absolute atomic E-state index is 12.3. The highest BCUT2D eigenvalue weighted by atomic mass is 16.5. The normalized spacial score (nSPS) is 10.6. The molecule has 1 aromatic carbocycles. The lowest BCUT2D eigenvalue weighted by molar-refractivity contribution is 0.0953. The minimum Gasteiger partial charge on any atom is -0.493 e. The van der Waals surface area contributed by atoms with E-state index in [1.165, 1.54) is 24.8 Å². The van der Waals surface area contributed by atoms with Crippen LogP contribution in [0, 0.1) is 0 Å². The van der Waals surface area contributed by atoms with Crippen molar-refractivity contribution in [1.82, 2.24) is 15.1 Å². The molecule has 1 heterocycles. The zero-order valence-corrected chi connectivity index (χ0v) is 16.7. The van der Waals surface area contributed by atoms with Crippen LogP contribution in [0.3, 0.4) is 0 Å². The molecule has 0 bridgehead atoms. The van der Waals surface area contributed by atoms with Crippen LogP contribution in [-0.4, -0.2) is 35.9 Å². The van der Waals surface area contributed by atoms with E-state index in [0.29, 0.717) is 30.2 Å². The van der Waals surface area contributed by atoms with E-state index in [-0.39, 0.29) is 5.91 Å². The van der Waals surface area contributed by atoms with E-state index >= 15 is 0 Å². The molecule has 0 fully saturated rings. The summed E-state index contributed by atoms with van der Waals surface area (Å²) in [6, 6.07) is 5.32. The summed E-state index contributed by atoms with van der Waals surface area (Å²) in [6.45, 7) is 3.47. The van der Waals surface area contributed by atoms with Crippen molar-refractivity contribution in [2.75, 3.05) is 20.3 Å². The molecule has 0 spiro atoms. The Labute approximate surface area is 161 Å². The van der Waals surface area contributed by atoms with Crippen LogP contribution in [0.2, 0.25) is 0 Å². The van der Waals surface area contributed by atoms with Gasteiger partial charge >= 0.3 is 0 Å². The molecule has 27 heavy (non-hydrogen) atoms. The Bertz CT molecular complexity index is 712. The minimum absolute atomic E-state index is 0.103. The Morgan fingerprint density at radius 1 is 1.19 bits per heavy atom. The van der Waals surface area contributed by atoms with E-state index in [0.717, 1.165) is 19.3 Å². The van der Waals surface area contributed by atoms with Gasteiger partial charge in [-0.3, -0.25) is 9.48 Å². The summed E-state index contributed by atoms with van der Waals surface area (Å²) in [6.07, 6.45) is 10.2. The molecule has 0 aliphatic carbocycles. The van der Waals surface area contributed by atoms with Gasteiger partial charge in [0.05, 0.1) is 19.9 Å². The molecule has 0 unspecified atom stereocenters. The zero-order valence-electron chi connectivity index (χ0n) is 16.7. The topological polar surface area (TPSA) is 65.4 Å². The van der Waals surface area contributed by atoms with Crippen LogP contribution in [-0.2, 0) is 13.5 Å². The number of benzene rings is 1. The van der Waals surface area contributed by atoms with Gasteiger partial charge in [0.25, 0.3) is 5.91 Å². The van der Waals surface area contributed by atoms with Crippen molar-refractivity contribution in [3.05, 3.63) is 41.7 Å². The third kappa shape index (κ3) is 6.96. The van der Waals surface area contributed by atoms with E-state index in [1.807, 2.05) is 25.5 Å². The molecule has 1 N–H and O–H groups in total. The molecule has 1 amide bonds. The average molecular weight is 373 g/mol. The standard InChI is InChI=1S/C21H31N3O3/c1-4-5-6-7-13-27-19-11-10-18(14-20(19)26-3)21(25)22-12-8-9-17-15-23-24(2)16-17/h10-11,14-16H,4-9,12-13H2,1-3H3,(H,22,25). The van der Waals surface area contributed by atoms with Crippen molar-refractivity contribution in [3.8, 4) is 11.5 Å². The summed E-state index contributed by atoms with van der Waals surface area (Å²) < 4.78 is 13.0. The monoisotopic (exact) mass is 373 g/mol. The number of hydrogen-bond acceptors (Lipinski definition) is 4. The molecule has 0 aliphatic heterocycles. The lowest BCUT2D eigenvalue weighted by Crippen LogP contribution is -2.24. The van der Waals surface area contributed by atoms with Crippen LogP contribution >= 0.6 is 0 Å². The van der Waals surface area contributed by atoms with Crippen molar-refractivity contribution in [2.24, 2.45) is 7.05 Å². The number of amides is 1. The van der Waals surface area contributed by atoms with Gasteiger partial charge in [-0.15, -0.1) is 0 Å². The predicted molar refractivity (Wildman–Crippen MR) is 106 cm³/mol. The molecule has 1 aromatic heterocycles. The summed E-state index contributed by atoms with van der Waals surface area (Å²) in [5.74, 6) is 1.17. The van der Waals surface area contributed by atoms with Gasteiger partial charge in [0, 0.05) is 25.4 Å². The van der Waals surface area contributed by atoms with Crippen LogP contribution < -0.4 is 14.8 Å². The summed E-state index contributed by atoms with van der Waals surface area (Å²) >= 11 is 0. The second kappa shape index (κ2) is 11.3. The van der Waals surface area contributed by atoms with Gasteiger partial charge in [-0.05, 0) is 43.0 Å². The van der Waals surface area contributed by atoms with Crippen LogP contribution in [0.1, 0.15) is 54.9 Å². The number of aryl methyl sites for hydroxylation is 2. The Balaban J connectivity index is 1.79. The Kier molecular flexibility index (Phi) is 8.68. The molecular weight excluding hydrogens is 342 g/mol. The van der Waals surface area contributed by atoms with Crippen molar-refractivity contribution in [1.29, 1.82) is 0 Å². The van der Waals surface area contributed by atoms with Crippen molar-refractivity contribution >= 4 is 5.91 Å². The first-order valence-corrected chi connectivity index (χ1v) is 9.70. The number of nitrogens with one attached hydrogen (secondary N) is 1. The first-order chi connectivity index (χ1) is 13.1. The summed E-state index contributed by atoms with van der Waals surface area (Å²) in [4.78, 5) is 12.3. The van der Waals surface area contributed by atoms with Crippen molar-refractivity contribution in [2.45, 2.75) is 45.4 Å². The minimum atomic E-state index is -0.103. The number of rotatable bonds is 12. The highest BCUT2D eigenvalue weighted by Crippen LogP contribution is 2.28. The van der Waals surface area contributed by atoms with Crippen molar-refractivity contribution in [3.63, 3.8) is 0 Å². The lowest BCUT2D eigenvalue weighted by atomic mass is 10.1.